The fraction of sp³-hybridized carbons (Fsp3) is 0.222. The number of anilines is 2. The van der Waals surface area contributed by atoms with Gasteiger partial charge in [-0.3, -0.25) is 9.80 Å². The third-order valence-electron chi connectivity index (χ3n) is 8.55. The van der Waals surface area contributed by atoms with Gasteiger partial charge in [-0.2, -0.15) is 0 Å². The summed E-state index contributed by atoms with van der Waals surface area (Å²) in [5.41, 5.74) is 19.8. The molecule has 4 N–H and O–H groups in total. The van der Waals surface area contributed by atoms with Crippen LogP contribution in [0.2, 0.25) is 0 Å². The minimum absolute atomic E-state index is 0.0736. The van der Waals surface area contributed by atoms with Crippen LogP contribution in [0.25, 0.3) is 0 Å². The summed E-state index contributed by atoms with van der Waals surface area (Å²) in [7, 11) is 3.79. The van der Waals surface area contributed by atoms with E-state index in [2.05, 4.69) is 24.3 Å². The zero-order valence-electron chi connectivity index (χ0n) is 24.8. The highest BCUT2D eigenvalue weighted by Gasteiger charge is 2.37. The van der Waals surface area contributed by atoms with E-state index < -0.39 is 24.4 Å². The van der Waals surface area contributed by atoms with Crippen LogP contribution in [0.3, 0.4) is 0 Å². The van der Waals surface area contributed by atoms with Gasteiger partial charge >= 0.3 is 11.9 Å². The highest BCUT2D eigenvalue weighted by Crippen LogP contribution is 2.43. The van der Waals surface area contributed by atoms with Gasteiger partial charge in [0.05, 0.1) is 0 Å². The fourth-order valence-corrected chi connectivity index (χ4v) is 6.46. The first-order chi connectivity index (χ1) is 21.3. The Morgan fingerprint density at radius 1 is 0.614 bits per heavy atom. The average Bonchev–Trinajstić information content (AvgIpc) is 3.03. The van der Waals surface area contributed by atoms with Crippen molar-refractivity contribution in [3.63, 3.8) is 0 Å². The Bertz CT molecular complexity index is 1570. The number of carbonyl (C=O) groups excluding carboxylic acids is 2. The van der Waals surface area contributed by atoms with Crippen molar-refractivity contribution in [3.8, 4) is 0 Å². The largest absolute Gasteiger partial charge is 0.439 e. The van der Waals surface area contributed by atoms with E-state index >= 15 is 0 Å². The van der Waals surface area contributed by atoms with Gasteiger partial charge in [0.15, 0.2) is 12.5 Å². The van der Waals surface area contributed by atoms with Crippen LogP contribution in [0.5, 0.6) is 0 Å². The number of likely N-dealkylation sites (N-methyl/N-ethyl adjacent to an activating group) is 2. The topological polar surface area (TPSA) is 111 Å². The number of rotatable bonds is 6. The molecule has 6 rings (SSSR count). The van der Waals surface area contributed by atoms with Crippen LogP contribution in [0.1, 0.15) is 57.7 Å². The average molecular weight is 589 g/mol. The molecule has 0 aliphatic carbocycles. The van der Waals surface area contributed by atoms with Gasteiger partial charge < -0.3 is 20.9 Å². The van der Waals surface area contributed by atoms with Gasteiger partial charge in [-0.05, 0) is 48.5 Å². The Hall–Kier alpha value is -4.92. The lowest BCUT2D eigenvalue weighted by molar-refractivity contribution is -0.156. The molecule has 44 heavy (non-hydrogen) atoms. The first-order valence-electron chi connectivity index (χ1n) is 14.7. The summed E-state index contributed by atoms with van der Waals surface area (Å²) in [4.78, 5) is 30.0. The van der Waals surface area contributed by atoms with Gasteiger partial charge in [0.25, 0.3) is 0 Å². The van der Waals surface area contributed by atoms with Crippen LogP contribution in [-0.2, 0) is 19.1 Å². The molecular formula is C36H36N4O4. The number of fused-ring (bicyclic) bond motifs is 2. The standard InChI is InChI=1S/C36H36N4O4/c1-39-21-27(23-11-5-3-6-12-23)25-15-9-17-29(37)33(25)35(39)43-31(41)19-20-32(42)44-36-34-26(16-10-18-30(34)38)28(22-40(36)2)24-13-7-4-8-14-24/h3-20,27-28,35-36H,21-22,37-38H2,1-2H3/b20-19-. The zero-order chi connectivity index (χ0) is 30.8. The third kappa shape index (κ3) is 5.69. The van der Waals surface area contributed by atoms with Gasteiger partial charge in [-0.15, -0.1) is 0 Å². The minimum Gasteiger partial charge on any atom is -0.439 e. The van der Waals surface area contributed by atoms with Crippen molar-refractivity contribution in [3.05, 3.63) is 143 Å². The Labute approximate surface area is 257 Å². The summed E-state index contributed by atoms with van der Waals surface area (Å²) in [6.45, 7) is 1.26. The highest BCUT2D eigenvalue weighted by molar-refractivity contribution is 5.92. The summed E-state index contributed by atoms with van der Waals surface area (Å²) in [6.07, 6.45) is 0.794. The van der Waals surface area contributed by atoms with Crippen LogP contribution >= 0.6 is 0 Å². The van der Waals surface area contributed by atoms with E-state index in [-0.39, 0.29) is 11.8 Å². The predicted octanol–water partition coefficient (Wildman–Crippen LogP) is 5.35. The van der Waals surface area contributed by atoms with Gasteiger partial charge in [0, 0.05) is 59.6 Å². The fourth-order valence-electron chi connectivity index (χ4n) is 6.46. The number of nitrogens with two attached hydrogens (primary N) is 2. The third-order valence-corrected chi connectivity index (χ3v) is 8.55. The molecule has 0 saturated heterocycles. The highest BCUT2D eigenvalue weighted by atomic mass is 16.6. The number of nitrogens with zero attached hydrogens (tertiary/aromatic N) is 2. The van der Waals surface area contributed by atoms with Crippen molar-refractivity contribution in [2.45, 2.75) is 24.3 Å². The maximum absolute atomic E-state index is 13.0. The number of hydrogen-bond donors (Lipinski definition) is 2. The summed E-state index contributed by atoms with van der Waals surface area (Å²) >= 11 is 0. The summed E-state index contributed by atoms with van der Waals surface area (Å²) in [6, 6.07) is 31.9. The van der Waals surface area contributed by atoms with Crippen LogP contribution in [0, 0.1) is 0 Å². The van der Waals surface area contributed by atoms with Crippen molar-refractivity contribution >= 4 is 23.3 Å². The van der Waals surface area contributed by atoms with Gasteiger partial charge in [-0.1, -0.05) is 84.9 Å². The molecule has 0 bridgehead atoms. The van der Waals surface area contributed by atoms with Crippen LogP contribution < -0.4 is 11.5 Å². The smallest absolute Gasteiger partial charge is 0.332 e. The van der Waals surface area contributed by atoms with Crippen molar-refractivity contribution in [2.24, 2.45) is 0 Å². The molecule has 4 aromatic carbocycles. The number of hydrogen-bond acceptors (Lipinski definition) is 8. The van der Waals surface area contributed by atoms with E-state index in [0.29, 0.717) is 24.5 Å². The molecule has 2 aliphatic rings. The van der Waals surface area contributed by atoms with E-state index in [1.807, 2.05) is 84.6 Å². The first-order valence-corrected chi connectivity index (χ1v) is 14.7. The van der Waals surface area contributed by atoms with Gasteiger partial charge in [-0.25, -0.2) is 9.59 Å². The maximum Gasteiger partial charge on any atom is 0.332 e. The maximum atomic E-state index is 13.0. The lowest BCUT2D eigenvalue weighted by Gasteiger charge is -2.39. The molecule has 0 spiro atoms. The number of ether oxygens (including phenoxy) is 2. The van der Waals surface area contributed by atoms with E-state index in [0.717, 1.165) is 45.5 Å². The summed E-state index contributed by atoms with van der Waals surface area (Å²) < 4.78 is 11.8. The van der Waals surface area contributed by atoms with E-state index in [1.54, 1.807) is 12.1 Å². The molecule has 8 heteroatoms. The first kappa shape index (κ1) is 29.2. The number of carbonyl (C=O) groups is 2. The second-order valence-corrected chi connectivity index (χ2v) is 11.4. The predicted molar refractivity (Wildman–Crippen MR) is 170 cm³/mol. The molecule has 4 unspecified atom stereocenters. The minimum atomic E-state index is -0.703. The SMILES string of the molecule is CN1CC(c2ccccc2)c2cccc(N)c2C1OC(=O)/C=C\C(=O)OC1c2c(N)cccc2C(c2ccccc2)CN1C. The van der Waals surface area contributed by atoms with Gasteiger partial charge in [0.1, 0.15) is 0 Å². The Balaban J connectivity index is 1.18. The molecule has 8 nitrogen and oxygen atoms in total. The quantitative estimate of drug-likeness (QED) is 0.176. The normalized spacial score (nSPS) is 21.8. The van der Waals surface area contributed by atoms with E-state index in [4.69, 9.17) is 20.9 Å². The Kier molecular flexibility index (Phi) is 8.19. The Morgan fingerprint density at radius 3 is 1.39 bits per heavy atom. The molecular weight excluding hydrogens is 552 g/mol. The van der Waals surface area contributed by atoms with E-state index in [9.17, 15) is 9.59 Å². The molecule has 0 radical (unpaired) electrons. The molecule has 2 heterocycles. The molecule has 4 aromatic rings. The number of esters is 2. The number of benzene rings is 4. The van der Waals surface area contributed by atoms with Crippen molar-refractivity contribution in [1.29, 1.82) is 0 Å². The van der Waals surface area contributed by atoms with Crippen molar-refractivity contribution in [2.75, 3.05) is 38.7 Å². The Morgan fingerprint density at radius 2 is 1.00 bits per heavy atom. The van der Waals surface area contributed by atoms with Gasteiger partial charge in [0.2, 0.25) is 0 Å². The zero-order valence-corrected chi connectivity index (χ0v) is 24.8. The molecule has 0 aromatic heterocycles. The molecule has 0 fully saturated rings. The summed E-state index contributed by atoms with van der Waals surface area (Å²) in [5, 5.41) is 0. The molecule has 2 aliphatic heterocycles. The number of nitrogen functional groups attached to an aromatic ring is 2. The van der Waals surface area contributed by atoms with E-state index in [1.165, 1.54) is 0 Å². The summed E-state index contributed by atoms with van der Waals surface area (Å²) in [5.74, 6) is -1.20. The lowest BCUT2D eigenvalue weighted by atomic mass is 9.83. The monoisotopic (exact) mass is 588 g/mol. The second-order valence-electron chi connectivity index (χ2n) is 11.4. The second kappa shape index (κ2) is 12.4. The molecule has 224 valence electrons. The lowest BCUT2D eigenvalue weighted by Crippen LogP contribution is -2.38. The van der Waals surface area contributed by atoms with Crippen LogP contribution in [-0.4, -0.2) is 48.9 Å². The van der Waals surface area contributed by atoms with Crippen molar-refractivity contribution in [1.82, 2.24) is 9.80 Å². The van der Waals surface area contributed by atoms with Crippen LogP contribution in [0.15, 0.2) is 109 Å². The van der Waals surface area contributed by atoms with Crippen molar-refractivity contribution < 1.29 is 19.1 Å². The van der Waals surface area contributed by atoms with Crippen LogP contribution in [0.4, 0.5) is 11.4 Å². The molecule has 0 amide bonds. The molecule has 0 saturated carbocycles. The molecule has 4 atom stereocenters.